The number of fused-ring (bicyclic) bond motifs is 3. The van der Waals surface area contributed by atoms with Gasteiger partial charge in [-0.05, 0) is 36.8 Å². The van der Waals surface area contributed by atoms with Gasteiger partial charge in [-0.25, -0.2) is 9.78 Å². The molecular formula is C23H26N4O3S. The van der Waals surface area contributed by atoms with Gasteiger partial charge in [-0.1, -0.05) is 30.3 Å². The Morgan fingerprint density at radius 2 is 1.94 bits per heavy atom. The number of carbonyl (C=O) groups is 1. The molecule has 0 atom stereocenters. The fourth-order valence-electron chi connectivity index (χ4n) is 4.51. The highest BCUT2D eigenvalue weighted by Crippen LogP contribution is 2.40. The normalized spacial score (nSPS) is 16.8. The van der Waals surface area contributed by atoms with E-state index in [4.69, 9.17) is 19.8 Å². The van der Waals surface area contributed by atoms with Gasteiger partial charge in [0, 0.05) is 37.4 Å². The minimum Gasteiger partial charge on any atom is -0.450 e. The number of piperidine rings is 1. The number of rotatable bonds is 5. The van der Waals surface area contributed by atoms with Crippen molar-refractivity contribution >= 4 is 39.5 Å². The third kappa shape index (κ3) is 4.30. The average Bonchev–Trinajstić information content (AvgIpc) is 3.17. The minimum absolute atomic E-state index is 0.248. The number of carboxylic acid groups (broad SMARTS) is 1. The van der Waals surface area contributed by atoms with Crippen LogP contribution in [0.1, 0.15) is 41.7 Å². The lowest BCUT2D eigenvalue weighted by atomic mass is 9.97. The van der Waals surface area contributed by atoms with Gasteiger partial charge in [0.2, 0.25) is 5.95 Å². The molecule has 7 nitrogen and oxygen atoms in total. The predicted molar refractivity (Wildman–Crippen MR) is 122 cm³/mol. The van der Waals surface area contributed by atoms with Gasteiger partial charge >= 0.3 is 6.16 Å². The van der Waals surface area contributed by atoms with Crippen LogP contribution in [-0.4, -0.2) is 40.4 Å². The Morgan fingerprint density at radius 3 is 2.71 bits per heavy atom. The summed E-state index contributed by atoms with van der Waals surface area (Å²) in [5.74, 6) is 1.63. The first kappa shape index (κ1) is 20.1. The molecule has 8 heteroatoms. The number of thiophene rings is 1. The van der Waals surface area contributed by atoms with Crippen molar-refractivity contribution in [1.82, 2.24) is 9.97 Å². The number of aryl methyl sites for hydroxylation is 2. The van der Waals surface area contributed by atoms with Crippen molar-refractivity contribution in [2.24, 2.45) is 0 Å². The van der Waals surface area contributed by atoms with Crippen LogP contribution < -0.4 is 10.2 Å². The summed E-state index contributed by atoms with van der Waals surface area (Å²) in [4.78, 5) is 25.4. The Morgan fingerprint density at radius 1 is 1.16 bits per heavy atom. The van der Waals surface area contributed by atoms with Gasteiger partial charge in [0.1, 0.15) is 16.8 Å². The number of hydrogen-bond donors (Lipinski definition) is 2. The number of nitrogens with zero attached hydrogens (tertiary/aromatic N) is 3. The molecule has 0 radical (unpaired) electrons. The van der Waals surface area contributed by atoms with Crippen LogP contribution in [0.3, 0.4) is 0 Å². The number of anilines is 2. The topological polar surface area (TPSA) is 87.6 Å². The molecule has 1 aliphatic heterocycles. The fraction of sp³-hybridized carbons (Fsp3) is 0.435. The summed E-state index contributed by atoms with van der Waals surface area (Å²) < 4.78 is 4.95. The molecule has 1 aromatic carbocycles. The van der Waals surface area contributed by atoms with Gasteiger partial charge in [-0.15, -0.1) is 11.3 Å². The van der Waals surface area contributed by atoms with E-state index in [1.807, 2.05) is 18.2 Å². The number of benzene rings is 1. The second-order valence-electron chi connectivity index (χ2n) is 8.17. The van der Waals surface area contributed by atoms with Crippen LogP contribution in [0.25, 0.3) is 10.2 Å². The second-order valence-corrected chi connectivity index (χ2v) is 9.26. The molecule has 2 aliphatic rings. The molecule has 0 bridgehead atoms. The van der Waals surface area contributed by atoms with E-state index in [9.17, 15) is 4.79 Å². The van der Waals surface area contributed by atoms with Crippen LogP contribution in [0.15, 0.2) is 30.3 Å². The first-order valence-electron chi connectivity index (χ1n) is 10.9. The van der Waals surface area contributed by atoms with Crippen LogP contribution in [-0.2, 0) is 24.1 Å². The summed E-state index contributed by atoms with van der Waals surface area (Å²) in [6, 6.07) is 10.4. The largest absolute Gasteiger partial charge is 0.506 e. The van der Waals surface area contributed by atoms with E-state index in [1.165, 1.54) is 34.2 Å². The average molecular weight is 439 g/mol. The van der Waals surface area contributed by atoms with Gasteiger partial charge in [-0.2, -0.15) is 4.98 Å². The maximum absolute atomic E-state index is 10.8. The Labute approximate surface area is 185 Å². The van der Waals surface area contributed by atoms with Crippen molar-refractivity contribution in [2.75, 3.05) is 23.3 Å². The van der Waals surface area contributed by atoms with Gasteiger partial charge < -0.3 is 20.1 Å². The molecule has 1 fully saturated rings. The maximum atomic E-state index is 10.8. The molecule has 3 heterocycles. The number of nitrogens with one attached hydrogen (secondary N) is 1. The Balaban J connectivity index is 1.45. The molecule has 0 spiro atoms. The van der Waals surface area contributed by atoms with E-state index in [1.54, 1.807) is 11.3 Å². The lowest BCUT2D eigenvalue weighted by Crippen LogP contribution is -2.38. The second kappa shape index (κ2) is 8.70. The Bertz CT molecular complexity index is 1080. The maximum Gasteiger partial charge on any atom is 0.506 e. The first-order chi connectivity index (χ1) is 15.2. The number of aromatic nitrogens is 2. The summed E-state index contributed by atoms with van der Waals surface area (Å²) in [7, 11) is 0. The van der Waals surface area contributed by atoms with E-state index in [2.05, 4.69) is 22.3 Å². The van der Waals surface area contributed by atoms with Gasteiger partial charge in [0.15, 0.2) is 0 Å². The molecular weight excluding hydrogens is 412 g/mol. The molecule has 2 N–H and O–H groups in total. The van der Waals surface area contributed by atoms with Crippen molar-refractivity contribution in [2.45, 2.75) is 51.2 Å². The number of ether oxygens (including phenoxy) is 1. The molecule has 1 aliphatic carbocycles. The zero-order valence-electron chi connectivity index (χ0n) is 17.3. The van der Waals surface area contributed by atoms with E-state index in [0.29, 0.717) is 32.5 Å². The molecule has 162 valence electrons. The molecule has 0 unspecified atom stereocenters. The van der Waals surface area contributed by atoms with Crippen molar-refractivity contribution in [3.8, 4) is 0 Å². The molecule has 5 rings (SSSR count). The monoisotopic (exact) mass is 438 g/mol. The summed E-state index contributed by atoms with van der Waals surface area (Å²) in [6.45, 7) is 2.09. The lowest BCUT2D eigenvalue weighted by molar-refractivity contribution is 0.0415. The van der Waals surface area contributed by atoms with Crippen molar-refractivity contribution < 1.29 is 14.6 Å². The van der Waals surface area contributed by atoms with E-state index >= 15 is 0 Å². The van der Waals surface area contributed by atoms with Crippen LogP contribution in [0.4, 0.5) is 16.6 Å². The quantitative estimate of drug-likeness (QED) is 0.551. The molecule has 3 aromatic rings. The standard InChI is InChI=1S/C23H26N4O3S/c28-23(29)30-16-10-12-27(13-11-16)22-25-20(24-14-15-6-2-1-3-7-15)19-17-8-4-5-9-18(17)31-21(19)26-22/h1-3,6-7,16H,4-5,8-14H2,(H,28,29)(H,24,25,26). The SMILES string of the molecule is O=C(O)OC1CCN(c2nc(NCc3ccccc3)c3c4c(sc3n2)CCCC4)CC1. The highest BCUT2D eigenvalue weighted by molar-refractivity contribution is 7.19. The smallest absolute Gasteiger partial charge is 0.450 e. The number of hydrogen-bond acceptors (Lipinski definition) is 7. The van der Waals surface area contributed by atoms with E-state index < -0.39 is 6.16 Å². The van der Waals surface area contributed by atoms with E-state index in [-0.39, 0.29) is 6.10 Å². The van der Waals surface area contributed by atoms with Crippen LogP contribution in [0.2, 0.25) is 0 Å². The summed E-state index contributed by atoms with van der Waals surface area (Å²) >= 11 is 1.80. The van der Waals surface area contributed by atoms with Crippen LogP contribution >= 0.6 is 11.3 Å². The Kier molecular flexibility index (Phi) is 5.63. The summed E-state index contributed by atoms with van der Waals surface area (Å²) in [6.07, 6.45) is 4.54. The lowest BCUT2D eigenvalue weighted by Gasteiger charge is -2.31. The zero-order chi connectivity index (χ0) is 21.2. The van der Waals surface area contributed by atoms with Gasteiger partial charge in [-0.3, -0.25) is 0 Å². The highest BCUT2D eigenvalue weighted by Gasteiger charge is 2.26. The van der Waals surface area contributed by atoms with E-state index in [0.717, 1.165) is 29.4 Å². The van der Waals surface area contributed by atoms with Crippen LogP contribution in [0.5, 0.6) is 0 Å². The van der Waals surface area contributed by atoms with Crippen molar-refractivity contribution in [3.05, 3.63) is 46.3 Å². The Hall–Kier alpha value is -2.87. The molecule has 2 aromatic heterocycles. The highest BCUT2D eigenvalue weighted by atomic mass is 32.1. The van der Waals surface area contributed by atoms with Gasteiger partial charge in [0.05, 0.1) is 5.39 Å². The van der Waals surface area contributed by atoms with Crippen molar-refractivity contribution in [3.63, 3.8) is 0 Å². The predicted octanol–water partition coefficient (Wildman–Crippen LogP) is 4.85. The van der Waals surface area contributed by atoms with Gasteiger partial charge in [0.25, 0.3) is 0 Å². The molecule has 0 saturated carbocycles. The molecule has 1 saturated heterocycles. The third-order valence-electron chi connectivity index (χ3n) is 6.10. The third-order valence-corrected chi connectivity index (χ3v) is 7.28. The molecule has 31 heavy (non-hydrogen) atoms. The minimum atomic E-state index is -1.20. The van der Waals surface area contributed by atoms with Crippen molar-refractivity contribution in [1.29, 1.82) is 0 Å². The molecule has 0 amide bonds. The first-order valence-corrected chi connectivity index (χ1v) is 11.7. The fourth-order valence-corrected chi connectivity index (χ4v) is 5.77. The van der Waals surface area contributed by atoms with Crippen LogP contribution in [0, 0.1) is 0 Å². The summed E-state index contributed by atoms with van der Waals surface area (Å²) in [5.41, 5.74) is 2.63. The summed E-state index contributed by atoms with van der Waals surface area (Å²) in [5, 5.41) is 13.6. The zero-order valence-corrected chi connectivity index (χ0v) is 18.2.